The third kappa shape index (κ3) is 7.71. The Bertz CT molecular complexity index is 1230. The van der Waals surface area contributed by atoms with Crippen LogP contribution < -0.4 is 5.32 Å². The lowest BCUT2D eigenvalue weighted by atomic mass is 9.84. The Hall–Kier alpha value is -3.09. The second kappa shape index (κ2) is 13.6. The molecule has 1 saturated carbocycles. The molecule has 2 aromatic carbocycles. The molecule has 0 saturated heterocycles. The molecule has 0 bridgehead atoms. The van der Waals surface area contributed by atoms with Crippen LogP contribution in [0.4, 0.5) is 4.39 Å². The molecule has 1 amide bonds. The normalized spacial score (nSPS) is 19.8. The molecule has 1 aliphatic heterocycles. The monoisotopic (exact) mass is 534 g/mol. The Morgan fingerprint density at radius 1 is 1.03 bits per heavy atom. The van der Waals surface area contributed by atoms with Crippen molar-refractivity contribution in [3.05, 3.63) is 89.6 Å². The number of rotatable bonds is 7. The summed E-state index contributed by atoms with van der Waals surface area (Å²) in [6, 6.07) is 13.2. The Morgan fingerprint density at radius 2 is 1.84 bits per heavy atom. The zero-order valence-corrected chi connectivity index (χ0v) is 22.5. The number of benzene rings is 2. The second-order valence-electron chi connectivity index (χ2n) is 10.3. The highest BCUT2D eigenvalue weighted by atomic mass is 35.5. The van der Waals surface area contributed by atoms with Crippen LogP contribution in [-0.2, 0) is 17.6 Å². The molecule has 38 heavy (non-hydrogen) atoms. The van der Waals surface area contributed by atoms with E-state index in [1.54, 1.807) is 30.6 Å². The fourth-order valence-corrected chi connectivity index (χ4v) is 5.59. The SMILES string of the molecule is Cl.O=C(C=Cc1cccc(F)c1)NC1CCC(CCN2CCc3ccc(-c4cnccn4)cc3CC2)CC1. The van der Waals surface area contributed by atoms with Gasteiger partial charge in [0.2, 0.25) is 5.91 Å². The van der Waals surface area contributed by atoms with E-state index in [1.165, 1.54) is 35.8 Å². The number of nitrogens with zero attached hydrogens (tertiary/aromatic N) is 3. The van der Waals surface area contributed by atoms with Crippen LogP contribution in [0.3, 0.4) is 0 Å². The number of amides is 1. The van der Waals surface area contributed by atoms with Crippen LogP contribution in [-0.4, -0.2) is 46.5 Å². The van der Waals surface area contributed by atoms with Crippen molar-refractivity contribution < 1.29 is 9.18 Å². The van der Waals surface area contributed by atoms with E-state index in [1.807, 2.05) is 6.20 Å². The first-order valence-electron chi connectivity index (χ1n) is 13.5. The van der Waals surface area contributed by atoms with Crippen molar-refractivity contribution in [3.8, 4) is 11.3 Å². The first-order chi connectivity index (χ1) is 18.1. The summed E-state index contributed by atoms with van der Waals surface area (Å²) in [4.78, 5) is 23.6. The summed E-state index contributed by atoms with van der Waals surface area (Å²) in [5, 5.41) is 3.13. The van der Waals surface area contributed by atoms with Crippen molar-refractivity contribution in [2.75, 3.05) is 19.6 Å². The van der Waals surface area contributed by atoms with Gasteiger partial charge in [0, 0.05) is 43.2 Å². The van der Waals surface area contributed by atoms with E-state index in [9.17, 15) is 9.18 Å². The maximum absolute atomic E-state index is 13.3. The van der Waals surface area contributed by atoms with Gasteiger partial charge in [-0.1, -0.05) is 24.3 Å². The van der Waals surface area contributed by atoms with Gasteiger partial charge in [-0.25, -0.2) is 4.39 Å². The molecule has 1 aromatic heterocycles. The summed E-state index contributed by atoms with van der Waals surface area (Å²) in [7, 11) is 0. The Morgan fingerprint density at radius 3 is 2.61 bits per heavy atom. The average molecular weight is 535 g/mol. The third-order valence-electron chi connectivity index (χ3n) is 7.78. The first-order valence-corrected chi connectivity index (χ1v) is 13.5. The highest BCUT2D eigenvalue weighted by Gasteiger charge is 2.23. The van der Waals surface area contributed by atoms with E-state index in [4.69, 9.17) is 0 Å². The highest BCUT2D eigenvalue weighted by Crippen LogP contribution is 2.28. The largest absolute Gasteiger partial charge is 0.350 e. The molecule has 0 atom stereocenters. The number of carbonyl (C=O) groups is 1. The lowest BCUT2D eigenvalue weighted by Crippen LogP contribution is -2.37. The molecule has 1 N–H and O–H groups in total. The second-order valence-corrected chi connectivity index (χ2v) is 10.3. The molecule has 2 aliphatic rings. The first kappa shape index (κ1) is 27.9. The highest BCUT2D eigenvalue weighted by molar-refractivity contribution is 5.91. The van der Waals surface area contributed by atoms with Crippen molar-refractivity contribution >= 4 is 24.4 Å². The molecule has 3 aromatic rings. The van der Waals surface area contributed by atoms with Gasteiger partial charge in [0.15, 0.2) is 0 Å². The number of hydrogen-bond acceptors (Lipinski definition) is 4. The standard InChI is InChI=1S/C31H35FN4O.ClH/c32-28-3-1-2-24(20-28)6-11-31(37)35-29-9-4-23(5-10-29)12-17-36-18-13-25-7-8-27(21-26(25)14-19-36)30-22-33-15-16-34-30;/h1-3,6-8,11,15-16,20-23,29H,4-5,9-10,12-14,17-19H2,(H,35,37);1H. The summed E-state index contributed by atoms with van der Waals surface area (Å²) in [6.45, 7) is 3.35. The lowest BCUT2D eigenvalue weighted by Gasteiger charge is -2.30. The van der Waals surface area contributed by atoms with Gasteiger partial charge in [-0.15, -0.1) is 12.4 Å². The van der Waals surface area contributed by atoms with Gasteiger partial charge >= 0.3 is 0 Å². The molecular formula is C31H36ClFN4O. The summed E-state index contributed by atoms with van der Waals surface area (Å²) in [5.74, 6) is 0.335. The Kier molecular flexibility index (Phi) is 10.0. The molecule has 200 valence electrons. The van der Waals surface area contributed by atoms with Gasteiger partial charge in [-0.2, -0.15) is 0 Å². The van der Waals surface area contributed by atoms with Crippen molar-refractivity contribution in [2.24, 2.45) is 5.92 Å². The minimum Gasteiger partial charge on any atom is -0.350 e. The number of hydrogen-bond donors (Lipinski definition) is 1. The minimum atomic E-state index is -0.293. The topological polar surface area (TPSA) is 58.1 Å². The van der Waals surface area contributed by atoms with Crippen LogP contribution in [0.5, 0.6) is 0 Å². The van der Waals surface area contributed by atoms with E-state index in [2.05, 4.69) is 38.4 Å². The van der Waals surface area contributed by atoms with Gasteiger partial charge in [-0.05, 0) is 98.4 Å². The third-order valence-corrected chi connectivity index (χ3v) is 7.78. The van der Waals surface area contributed by atoms with Crippen molar-refractivity contribution in [1.82, 2.24) is 20.2 Å². The average Bonchev–Trinajstić information content (AvgIpc) is 3.14. The van der Waals surface area contributed by atoms with Gasteiger partial charge in [0.1, 0.15) is 5.82 Å². The van der Waals surface area contributed by atoms with Crippen LogP contribution in [0.1, 0.15) is 48.8 Å². The zero-order valence-electron chi connectivity index (χ0n) is 21.7. The Balaban J connectivity index is 0.00000336. The van der Waals surface area contributed by atoms with Crippen LogP contribution >= 0.6 is 12.4 Å². The van der Waals surface area contributed by atoms with E-state index >= 15 is 0 Å². The predicted octanol–water partition coefficient (Wildman–Crippen LogP) is 5.88. The molecule has 2 heterocycles. The molecule has 0 radical (unpaired) electrons. The molecule has 1 fully saturated rings. The maximum Gasteiger partial charge on any atom is 0.244 e. The van der Waals surface area contributed by atoms with E-state index in [-0.39, 0.29) is 30.2 Å². The van der Waals surface area contributed by atoms with Crippen molar-refractivity contribution in [2.45, 2.75) is 51.0 Å². The van der Waals surface area contributed by atoms with E-state index in [0.29, 0.717) is 5.56 Å². The summed E-state index contributed by atoms with van der Waals surface area (Å²) >= 11 is 0. The zero-order chi connectivity index (χ0) is 25.5. The molecule has 0 unspecified atom stereocenters. The number of nitrogens with one attached hydrogen (secondary N) is 1. The quantitative estimate of drug-likeness (QED) is 0.384. The molecule has 0 spiro atoms. The number of carbonyl (C=O) groups excluding carboxylic acids is 1. The molecule has 5 nitrogen and oxygen atoms in total. The van der Waals surface area contributed by atoms with Crippen LogP contribution in [0.25, 0.3) is 17.3 Å². The van der Waals surface area contributed by atoms with Gasteiger partial charge in [-0.3, -0.25) is 14.8 Å². The molecule has 7 heteroatoms. The minimum absolute atomic E-state index is 0. The maximum atomic E-state index is 13.3. The van der Waals surface area contributed by atoms with Crippen LogP contribution in [0, 0.1) is 11.7 Å². The van der Waals surface area contributed by atoms with Gasteiger partial charge in [0.05, 0.1) is 11.9 Å². The van der Waals surface area contributed by atoms with E-state index in [0.717, 1.165) is 75.3 Å². The summed E-state index contributed by atoms with van der Waals surface area (Å²) in [5.41, 5.74) is 5.67. The van der Waals surface area contributed by atoms with E-state index < -0.39 is 0 Å². The van der Waals surface area contributed by atoms with Crippen LogP contribution in [0.15, 0.2) is 67.1 Å². The van der Waals surface area contributed by atoms with Crippen molar-refractivity contribution in [1.29, 1.82) is 0 Å². The van der Waals surface area contributed by atoms with Gasteiger partial charge < -0.3 is 10.2 Å². The van der Waals surface area contributed by atoms with Crippen LogP contribution in [0.2, 0.25) is 0 Å². The summed E-state index contributed by atoms with van der Waals surface area (Å²) < 4.78 is 13.3. The fraction of sp³-hybridized carbons (Fsp3) is 0.387. The predicted molar refractivity (Wildman–Crippen MR) is 153 cm³/mol. The number of halogens is 2. The molecule has 1 aliphatic carbocycles. The summed E-state index contributed by atoms with van der Waals surface area (Å²) in [6.07, 6.45) is 16.2. The molecular weight excluding hydrogens is 499 g/mol. The smallest absolute Gasteiger partial charge is 0.244 e. The lowest BCUT2D eigenvalue weighted by molar-refractivity contribution is -0.117. The van der Waals surface area contributed by atoms with Crippen molar-refractivity contribution in [3.63, 3.8) is 0 Å². The number of fused-ring (bicyclic) bond motifs is 1. The number of aromatic nitrogens is 2. The van der Waals surface area contributed by atoms with Gasteiger partial charge in [0.25, 0.3) is 0 Å². The Labute approximate surface area is 231 Å². The fourth-order valence-electron chi connectivity index (χ4n) is 5.59. The molecule has 5 rings (SSSR count).